The predicted molar refractivity (Wildman–Crippen MR) is 175 cm³/mol. The molecular formula is C39H50O9. The van der Waals surface area contributed by atoms with Crippen LogP contribution in [0.2, 0.25) is 0 Å². The number of allylic oxidation sites excluding steroid dienone is 6. The first-order valence-corrected chi connectivity index (χ1v) is 17.9. The minimum Gasteiger partial charge on any atom is -0.465 e. The fourth-order valence-corrected chi connectivity index (χ4v) is 10.1. The Balaban J connectivity index is 1.07. The average Bonchev–Trinajstić information content (AvgIpc) is 3.08. The molecule has 0 aromatic rings. The summed E-state index contributed by atoms with van der Waals surface area (Å²) in [6.45, 7) is 6.36. The van der Waals surface area contributed by atoms with Crippen molar-refractivity contribution in [3.8, 4) is 0 Å². The molecule has 6 bridgehead atoms. The number of fused-ring (bicyclic) bond motifs is 6. The van der Waals surface area contributed by atoms with Gasteiger partial charge in [-0.3, -0.25) is 14.4 Å². The van der Waals surface area contributed by atoms with Gasteiger partial charge in [-0.15, -0.1) is 0 Å². The van der Waals surface area contributed by atoms with Crippen molar-refractivity contribution in [2.75, 3.05) is 13.2 Å². The van der Waals surface area contributed by atoms with E-state index in [0.29, 0.717) is 18.8 Å². The van der Waals surface area contributed by atoms with Crippen molar-refractivity contribution < 1.29 is 43.3 Å². The monoisotopic (exact) mass is 662 g/mol. The summed E-state index contributed by atoms with van der Waals surface area (Å²) in [6.07, 6.45) is 21.9. The second kappa shape index (κ2) is 13.2. The number of carbonyl (C=O) groups is 5. The smallest absolute Gasteiger partial charge is 0.338 e. The molecule has 48 heavy (non-hydrogen) atoms. The first-order chi connectivity index (χ1) is 22.8. The van der Waals surface area contributed by atoms with Gasteiger partial charge in [-0.1, -0.05) is 57.2 Å². The molecule has 0 radical (unpaired) electrons. The number of ether oxygens (including phenoxy) is 3. The maximum Gasteiger partial charge on any atom is 0.338 e. The molecular weight excluding hydrogens is 612 g/mol. The van der Waals surface area contributed by atoms with E-state index >= 15 is 0 Å². The first-order valence-electron chi connectivity index (χ1n) is 17.9. The van der Waals surface area contributed by atoms with Gasteiger partial charge >= 0.3 is 29.8 Å². The Morgan fingerprint density at radius 3 is 1.73 bits per heavy atom. The zero-order valence-electron chi connectivity index (χ0n) is 28.5. The second-order valence-corrected chi connectivity index (χ2v) is 16.3. The first kappa shape index (κ1) is 34.5. The van der Waals surface area contributed by atoms with Crippen molar-refractivity contribution in [2.24, 2.45) is 57.2 Å². The SMILES string of the molecule is CC(C)(C)C12C=CC(CC1)CC2C(=O)OCCC1(C(=O)OC(=O)/C=C\C(=O)OC(=O)C2(CCO)CC3C=CC2CC3)CC2C=CC1CC2. The number of esters is 5. The molecule has 0 amide bonds. The molecule has 1 N–H and O–H groups in total. The Bertz CT molecular complexity index is 1450. The lowest BCUT2D eigenvalue weighted by Gasteiger charge is -2.54. The van der Waals surface area contributed by atoms with Crippen LogP contribution in [0, 0.1) is 57.2 Å². The van der Waals surface area contributed by atoms with Crippen molar-refractivity contribution in [2.45, 2.75) is 91.4 Å². The van der Waals surface area contributed by atoms with Gasteiger partial charge in [-0.05, 0) is 106 Å². The van der Waals surface area contributed by atoms with Crippen LogP contribution in [0.4, 0.5) is 0 Å². The molecule has 0 aromatic heterocycles. The van der Waals surface area contributed by atoms with Gasteiger partial charge in [0.05, 0.1) is 23.4 Å². The van der Waals surface area contributed by atoms with Crippen LogP contribution in [-0.4, -0.2) is 48.2 Å². The van der Waals surface area contributed by atoms with Crippen LogP contribution in [0.15, 0.2) is 48.6 Å². The van der Waals surface area contributed by atoms with Crippen LogP contribution in [-0.2, 0) is 38.2 Å². The Hall–Kier alpha value is -3.33. The number of hydrogen-bond donors (Lipinski definition) is 1. The van der Waals surface area contributed by atoms with Crippen molar-refractivity contribution in [1.29, 1.82) is 0 Å². The van der Waals surface area contributed by atoms with Gasteiger partial charge < -0.3 is 19.3 Å². The van der Waals surface area contributed by atoms with E-state index in [1.165, 1.54) is 0 Å². The molecule has 9 nitrogen and oxygen atoms in total. The van der Waals surface area contributed by atoms with Crippen molar-refractivity contribution in [1.82, 2.24) is 0 Å². The van der Waals surface area contributed by atoms with E-state index < -0.39 is 34.7 Å². The maximum absolute atomic E-state index is 13.7. The Morgan fingerprint density at radius 1 is 0.750 bits per heavy atom. The molecule has 0 aromatic carbocycles. The summed E-state index contributed by atoms with van der Waals surface area (Å²) in [4.78, 5) is 65.9. The van der Waals surface area contributed by atoms with Crippen LogP contribution in [0.1, 0.15) is 91.4 Å². The quantitative estimate of drug-likeness (QED) is 0.0989. The molecule has 9 aliphatic carbocycles. The fourth-order valence-electron chi connectivity index (χ4n) is 10.1. The van der Waals surface area contributed by atoms with Gasteiger partial charge in [0.1, 0.15) is 0 Å². The highest BCUT2D eigenvalue weighted by atomic mass is 16.6. The maximum atomic E-state index is 13.7. The summed E-state index contributed by atoms with van der Waals surface area (Å²) >= 11 is 0. The fraction of sp³-hybridized carbons (Fsp3) is 0.667. The zero-order valence-corrected chi connectivity index (χ0v) is 28.5. The molecule has 9 heteroatoms. The van der Waals surface area contributed by atoms with Crippen LogP contribution in [0.25, 0.3) is 0 Å². The van der Waals surface area contributed by atoms with Crippen molar-refractivity contribution in [3.63, 3.8) is 0 Å². The van der Waals surface area contributed by atoms with Gasteiger partial charge in [0.2, 0.25) is 0 Å². The molecule has 9 unspecified atom stereocenters. The summed E-state index contributed by atoms with van der Waals surface area (Å²) in [5.74, 6) is -3.50. The zero-order chi connectivity index (χ0) is 34.3. The van der Waals surface area contributed by atoms with Crippen LogP contribution < -0.4 is 0 Å². The predicted octanol–water partition coefficient (Wildman–Crippen LogP) is 5.96. The van der Waals surface area contributed by atoms with E-state index in [9.17, 15) is 29.1 Å². The molecule has 0 spiro atoms. The minimum absolute atomic E-state index is 0.0429. The third kappa shape index (κ3) is 6.16. The van der Waals surface area contributed by atoms with E-state index in [-0.39, 0.29) is 72.4 Å². The third-order valence-electron chi connectivity index (χ3n) is 12.9. The van der Waals surface area contributed by atoms with Gasteiger partial charge in [0.25, 0.3) is 0 Å². The van der Waals surface area contributed by atoms with Gasteiger partial charge in [0.15, 0.2) is 0 Å². The number of rotatable bonds is 10. The van der Waals surface area contributed by atoms with E-state index in [1.807, 2.05) is 12.2 Å². The van der Waals surface area contributed by atoms with Crippen molar-refractivity contribution in [3.05, 3.63) is 48.6 Å². The molecule has 0 heterocycles. The third-order valence-corrected chi connectivity index (χ3v) is 12.9. The van der Waals surface area contributed by atoms with E-state index in [0.717, 1.165) is 57.1 Å². The normalized spacial score (nSPS) is 37.5. The average molecular weight is 663 g/mol. The second-order valence-electron chi connectivity index (χ2n) is 16.3. The standard InChI is InChI=1S/C39H50O9/c1-36(2,3)39-16-14-25(15-17-39)22-30(39)33(43)46-21-19-38(24-27-6-10-29(38)11-7-27)35(45)48-32(42)13-12-31(41)47-34(44)37(18-20-40)23-26-4-8-28(37)9-5-26/h4,6,8,10,12-14,16,25-30,40H,5,7,9,11,15,17-24H2,1-3H3/b13-12-. The number of carbonyl (C=O) groups excluding carboxylic acids is 5. The minimum atomic E-state index is -1.03. The molecule has 0 saturated heterocycles. The highest BCUT2D eigenvalue weighted by Crippen LogP contribution is 2.59. The van der Waals surface area contributed by atoms with Crippen LogP contribution in [0.5, 0.6) is 0 Å². The van der Waals surface area contributed by atoms with Crippen molar-refractivity contribution >= 4 is 29.8 Å². The summed E-state index contributed by atoms with van der Waals surface area (Å²) in [7, 11) is 0. The van der Waals surface area contributed by atoms with Gasteiger partial charge in [-0.2, -0.15) is 0 Å². The molecule has 260 valence electrons. The van der Waals surface area contributed by atoms with E-state index in [2.05, 4.69) is 45.1 Å². The summed E-state index contributed by atoms with van der Waals surface area (Å²) < 4.78 is 16.4. The molecule has 3 fully saturated rings. The lowest BCUT2D eigenvalue weighted by molar-refractivity contribution is -0.174. The Kier molecular flexibility index (Phi) is 9.48. The molecule has 9 rings (SSSR count). The molecule has 0 aliphatic heterocycles. The number of aliphatic hydroxyl groups excluding tert-OH is 1. The Morgan fingerprint density at radius 2 is 1.31 bits per heavy atom. The lowest BCUT2D eigenvalue weighted by atomic mass is 9.50. The van der Waals surface area contributed by atoms with Crippen LogP contribution in [0.3, 0.4) is 0 Å². The largest absolute Gasteiger partial charge is 0.465 e. The summed E-state index contributed by atoms with van der Waals surface area (Å²) in [5, 5.41) is 9.67. The van der Waals surface area contributed by atoms with E-state index in [1.54, 1.807) is 0 Å². The Labute approximate surface area is 283 Å². The van der Waals surface area contributed by atoms with Gasteiger partial charge in [-0.25, -0.2) is 9.59 Å². The number of hydrogen-bond acceptors (Lipinski definition) is 9. The highest BCUT2D eigenvalue weighted by Gasteiger charge is 2.56. The molecule has 9 aliphatic rings. The van der Waals surface area contributed by atoms with Gasteiger partial charge in [0, 0.05) is 24.2 Å². The summed E-state index contributed by atoms with van der Waals surface area (Å²) in [5.41, 5.74) is -2.39. The topological polar surface area (TPSA) is 133 Å². The van der Waals surface area contributed by atoms with Crippen LogP contribution >= 0.6 is 0 Å². The number of aliphatic hydroxyl groups is 1. The molecule has 3 saturated carbocycles. The summed E-state index contributed by atoms with van der Waals surface area (Å²) in [6, 6.07) is 0. The van der Waals surface area contributed by atoms with E-state index in [4.69, 9.17) is 14.2 Å². The highest BCUT2D eigenvalue weighted by molar-refractivity contribution is 6.00. The molecule has 9 atom stereocenters. The lowest BCUT2D eigenvalue weighted by Crippen LogP contribution is -2.51.